The van der Waals surface area contributed by atoms with Crippen molar-refractivity contribution in [3.63, 3.8) is 0 Å². The number of anilines is 1. The van der Waals surface area contributed by atoms with Crippen LogP contribution in [0.5, 0.6) is 0 Å². The number of halogens is 2. The van der Waals surface area contributed by atoms with Gasteiger partial charge in [0, 0.05) is 33.6 Å². The molecular formula is C16H13Cl2N3OS. The monoisotopic (exact) mass is 365 g/mol. The second-order valence-corrected chi connectivity index (χ2v) is 7.40. The van der Waals surface area contributed by atoms with Crippen LogP contribution in [0.15, 0.2) is 18.2 Å². The Bertz CT molecular complexity index is 805. The smallest absolute Gasteiger partial charge is 0.256 e. The summed E-state index contributed by atoms with van der Waals surface area (Å²) >= 11 is 13.3. The molecule has 3 rings (SSSR count). The zero-order chi connectivity index (χ0) is 16.6. The van der Waals surface area contributed by atoms with E-state index < -0.39 is 0 Å². The maximum absolute atomic E-state index is 12.4. The number of nitrogens with zero attached hydrogens (tertiary/aromatic N) is 2. The summed E-state index contributed by atoms with van der Waals surface area (Å²) in [5, 5.41) is 13.7. The molecule has 0 radical (unpaired) electrons. The van der Waals surface area contributed by atoms with Gasteiger partial charge in [-0.2, -0.15) is 5.26 Å². The lowest BCUT2D eigenvalue weighted by Gasteiger charge is -2.21. The number of nitrogens with one attached hydrogen (secondary N) is 1. The number of carbonyl (C=O) groups excluding carboxylic acids is 1. The third kappa shape index (κ3) is 3.36. The van der Waals surface area contributed by atoms with Gasteiger partial charge in [0.25, 0.3) is 5.91 Å². The van der Waals surface area contributed by atoms with E-state index >= 15 is 0 Å². The van der Waals surface area contributed by atoms with E-state index in [4.69, 9.17) is 23.2 Å². The largest absolute Gasteiger partial charge is 0.312 e. The van der Waals surface area contributed by atoms with Crippen molar-refractivity contribution in [2.45, 2.75) is 13.0 Å². The van der Waals surface area contributed by atoms with Crippen LogP contribution in [0.4, 0.5) is 5.00 Å². The van der Waals surface area contributed by atoms with E-state index in [9.17, 15) is 10.1 Å². The summed E-state index contributed by atoms with van der Waals surface area (Å²) in [5.74, 6) is -0.321. The highest BCUT2D eigenvalue weighted by atomic mass is 35.5. The minimum absolute atomic E-state index is 0.321. The number of thiophene rings is 1. The Hall–Kier alpha value is -1.58. The van der Waals surface area contributed by atoms with Crippen molar-refractivity contribution < 1.29 is 4.79 Å². The lowest BCUT2D eigenvalue weighted by Crippen LogP contribution is -2.25. The van der Waals surface area contributed by atoms with Gasteiger partial charge in [0.2, 0.25) is 0 Å². The van der Waals surface area contributed by atoms with E-state index in [2.05, 4.69) is 16.3 Å². The molecule has 1 aliphatic heterocycles. The van der Waals surface area contributed by atoms with Crippen molar-refractivity contribution in [2.75, 3.05) is 18.9 Å². The van der Waals surface area contributed by atoms with E-state index in [0.29, 0.717) is 26.2 Å². The van der Waals surface area contributed by atoms with Gasteiger partial charge in [-0.05, 0) is 37.2 Å². The van der Waals surface area contributed by atoms with Crippen LogP contribution in [0, 0.1) is 11.3 Å². The molecule has 7 heteroatoms. The lowest BCUT2D eigenvalue weighted by molar-refractivity contribution is 0.102. The van der Waals surface area contributed by atoms with Crippen LogP contribution >= 0.6 is 34.5 Å². The molecule has 1 N–H and O–H groups in total. The van der Waals surface area contributed by atoms with Gasteiger partial charge in [-0.1, -0.05) is 23.2 Å². The molecule has 1 aliphatic rings. The molecule has 0 fully saturated rings. The standard InChI is InChI=1S/C16H13Cl2N3OS/c1-21-3-2-12-13(7-19)16(23-14(12)8-21)20-15(22)9-4-10(17)6-11(18)5-9/h4-6H,2-3,8H2,1H3,(H,20,22). The number of nitriles is 1. The molecule has 0 unspecified atom stereocenters. The number of hydrogen-bond donors (Lipinski definition) is 1. The average Bonchev–Trinajstić information content (AvgIpc) is 2.82. The fourth-order valence-electron chi connectivity index (χ4n) is 2.60. The van der Waals surface area contributed by atoms with Gasteiger partial charge in [-0.3, -0.25) is 4.79 Å². The molecule has 2 heterocycles. The Morgan fingerprint density at radius 2 is 2.04 bits per heavy atom. The van der Waals surface area contributed by atoms with E-state index in [1.54, 1.807) is 18.2 Å². The van der Waals surface area contributed by atoms with Gasteiger partial charge in [0.15, 0.2) is 0 Å². The summed E-state index contributed by atoms with van der Waals surface area (Å²) in [6.45, 7) is 1.71. The first kappa shape index (κ1) is 16.3. The van der Waals surface area contributed by atoms with Crippen LogP contribution in [0.3, 0.4) is 0 Å². The third-order valence-corrected chi connectivity index (χ3v) is 5.28. The fourth-order valence-corrected chi connectivity index (χ4v) is 4.40. The highest BCUT2D eigenvalue weighted by Crippen LogP contribution is 2.36. The van der Waals surface area contributed by atoms with Crippen molar-refractivity contribution >= 4 is 45.4 Å². The maximum atomic E-state index is 12.4. The van der Waals surface area contributed by atoms with Crippen molar-refractivity contribution in [3.05, 3.63) is 49.8 Å². The maximum Gasteiger partial charge on any atom is 0.256 e. The SMILES string of the molecule is CN1CCc2c(sc(NC(=O)c3cc(Cl)cc(Cl)c3)c2C#N)C1. The normalized spacial score (nSPS) is 14.2. The molecule has 0 saturated carbocycles. The Morgan fingerprint density at radius 3 is 2.70 bits per heavy atom. The summed E-state index contributed by atoms with van der Waals surface area (Å²) in [5.41, 5.74) is 1.99. The van der Waals surface area contributed by atoms with Crippen molar-refractivity contribution in [1.29, 1.82) is 5.26 Å². The number of rotatable bonds is 2. The predicted molar refractivity (Wildman–Crippen MR) is 93.5 cm³/mol. The molecule has 4 nitrogen and oxygen atoms in total. The van der Waals surface area contributed by atoms with Gasteiger partial charge >= 0.3 is 0 Å². The Morgan fingerprint density at radius 1 is 1.35 bits per heavy atom. The molecular weight excluding hydrogens is 353 g/mol. The Kier molecular flexibility index (Phi) is 4.60. The molecule has 23 heavy (non-hydrogen) atoms. The summed E-state index contributed by atoms with van der Waals surface area (Å²) in [4.78, 5) is 15.8. The second-order valence-electron chi connectivity index (χ2n) is 5.42. The molecule has 0 saturated heterocycles. The quantitative estimate of drug-likeness (QED) is 0.868. The third-order valence-electron chi connectivity index (χ3n) is 3.71. The molecule has 118 valence electrons. The van der Waals surface area contributed by atoms with E-state index in [-0.39, 0.29) is 5.91 Å². The molecule has 0 atom stereocenters. The minimum Gasteiger partial charge on any atom is -0.312 e. The van der Waals surface area contributed by atoms with Gasteiger partial charge in [-0.15, -0.1) is 11.3 Å². The van der Waals surface area contributed by atoms with Crippen LogP contribution in [0.1, 0.15) is 26.4 Å². The van der Waals surface area contributed by atoms with E-state index in [0.717, 1.165) is 30.0 Å². The molecule has 2 aromatic rings. The molecule has 1 aromatic carbocycles. The number of fused-ring (bicyclic) bond motifs is 1. The highest BCUT2D eigenvalue weighted by Gasteiger charge is 2.24. The minimum atomic E-state index is -0.321. The summed E-state index contributed by atoms with van der Waals surface area (Å²) in [6.07, 6.45) is 0.824. The first-order valence-electron chi connectivity index (χ1n) is 6.98. The number of benzene rings is 1. The Labute approximate surface area is 148 Å². The van der Waals surface area contributed by atoms with Crippen molar-refractivity contribution in [2.24, 2.45) is 0 Å². The molecule has 1 aromatic heterocycles. The first-order valence-corrected chi connectivity index (χ1v) is 8.56. The molecule has 0 bridgehead atoms. The second kappa shape index (κ2) is 6.50. The topological polar surface area (TPSA) is 56.1 Å². The first-order chi connectivity index (χ1) is 11.0. The van der Waals surface area contributed by atoms with Crippen molar-refractivity contribution in [3.8, 4) is 6.07 Å². The number of likely N-dealkylation sites (N-methyl/N-ethyl adjacent to an activating group) is 1. The van der Waals surface area contributed by atoms with Crippen molar-refractivity contribution in [1.82, 2.24) is 4.90 Å². The Balaban J connectivity index is 1.91. The van der Waals surface area contributed by atoms with Crippen LogP contribution in [0.25, 0.3) is 0 Å². The summed E-state index contributed by atoms with van der Waals surface area (Å²) < 4.78 is 0. The van der Waals surface area contributed by atoms with Crippen LogP contribution in [0.2, 0.25) is 10.0 Å². The number of amides is 1. The van der Waals surface area contributed by atoms with E-state index in [1.807, 2.05) is 7.05 Å². The average molecular weight is 366 g/mol. The van der Waals surface area contributed by atoms with Gasteiger partial charge in [-0.25, -0.2) is 0 Å². The highest BCUT2D eigenvalue weighted by molar-refractivity contribution is 7.16. The van der Waals surface area contributed by atoms with Gasteiger partial charge in [0.05, 0.1) is 5.56 Å². The van der Waals surface area contributed by atoms with Crippen LogP contribution in [-0.4, -0.2) is 24.4 Å². The van der Waals surface area contributed by atoms with Gasteiger partial charge in [0.1, 0.15) is 11.1 Å². The zero-order valence-corrected chi connectivity index (χ0v) is 14.6. The molecule has 0 spiro atoms. The predicted octanol–water partition coefficient (Wildman–Crippen LogP) is 4.17. The summed E-state index contributed by atoms with van der Waals surface area (Å²) in [6, 6.07) is 6.90. The molecule has 1 amide bonds. The zero-order valence-electron chi connectivity index (χ0n) is 12.3. The number of carbonyl (C=O) groups is 1. The lowest BCUT2D eigenvalue weighted by atomic mass is 10.0. The van der Waals surface area contributed by atoms with E-state index in [1.165, 1.54) is 11.3 Å². The van der Waals surface area contributed by atoms with Crippen LogP contribution in [-0.2, 0) is 13.0 Å². The van der Waals surface area contributed by atoms with Crippen LogP contribution < -0.4 is 5.32 Å². The molecule has 0 aliphatic carbocycles. The fraction of sp³-hybridized carbons (Fsp3) is 0.250. The summed E-state index contributed by atoms with van der Waals surface area (Å²) in [7, 11) is 2.04. The number of hydrogen-bond acceptors (Lipinski definition) is 4. The van der Waals surface area contributed by atoms with Gasteiger partial charge < -0.3 is 10.2 Å².